The Morgan fingerprint density at radius 1 is 0.800 bits per heavy atom. The molecule has 0 saturated carbocycles. The van der Waals surface area contributed by atoms with Gasteiger partial charge < -0.3 is 0 Å². The van der Waals surface area contributed by atoms with Crippen LogP contribution >= 0.6 is 0 Å². The Balaban J connectivity index is 1.32. The zero-order valence-electron chi connectivity index (χ0n) is 15.9. The lowest BCUT2D eigenvalue weighted by molar-refractivity contribution is -0.122. The summed E-state index contributed by atoms with van der Waals surface area (Å²) in [4.78, 5) is 24.4. The fourth-order valence-electron chi connectivity index (χ4n) is 2.78. The summed E-state index contributed by atoms with van der Waals surface area (Å²) in [7, 11) is 0. The summed E-state index contributed by atoms with van der Waals surface area (Å²) in [6.07, 6.45) is 0. The molecule has 0 saturated heterocycles. The molecule has 2 N–H and O–H groups in total. The van der Waals surface area contributed by atoms with Gasteiger partial charge in [-0.05, 0) is 48.5 Å². The molecule has 0 bridgehead atoms. The largest absolute Gasteiger partial charge is 0.271 e. The van der Waals surface area contributed by atoms with Crippen LogP contribution in [0.5, 0.6) is 0 Å². The van der Waals surface area contributed by atoms with E-state index in [4.69, 9.17) is 0 Å². The third-order valence-electron chi connectivity index (χ3n) is 4.30. The quantitative estimate of drug-likeness (QED) is 0.412. The number of amides is 2. The third kappa shape index (κ3) is 4.51. The van der Waals surface area contributed by atoms with Gasteiger partial charge in [0.15, 0.2) is 0 Å². The van der Waals surface area contributed by atoms with Crippen LogP contribution in [0.1, 0.15) is 21.5 Å². The van der Waals surface area contributed by atoms with E-state index in [1.54, 1.807) is 24.3 Å². The van der Waals surface area contributed by atoms with Crippen molar-refractivity contribution in [2.45, 2.75) is 6.54 Å². The number of carbonyl (C=O) groups is 2. The zero-order chi connectivity index (χ0) is 20.8. The molecule has 0 spiro atoms. The number of hydrazine groups is 1. The van der Waals surface area contributed by atoms with E-state index in [1.165, 1.54) is 4.68 Å². The first-order valence-electron chi connectivity index (χ1n) is 9.23. The lowest BCUT2D eigenvalue weighted by atomic mass is 10.1. The Hall–Kier alpha value is -4.44. The third-order valence-corrected chi connectivity index (χ3v) is 4.30. The van der Waals surface area contributed by atoms with Crippen LogP contribution in [0, 0.1) is 11.8 Å². The van der Waals surface area contributed by atoms with E-state index in [9.17, 15) is 9.59 Å². The molecular weight excluding hydrogens is 378 g/mol. The van der Waals surface area contributed by atoms with Crippen LogP contribution in [0.15, 0.2) is 78.9 Å². The van der Waals surface area contributed by atoms with Gasteiger partial charge in [0.25, 0.3) is 11.8 Å². The van der Waals surface area contributed by atoms with E-state index < -0.39 is 11.8 Å². The van der Waals surface area contributed by atoms with Crippen LogP contribution in [-0.2, 0) is 11.3 Å². The number of nitrogens with one attached hydrogen (secondary N) is 2. The van der Waals surface area contributed by atoms with Crippen LogP contribution in [-0.4, -0.2) is 26.8 Å². The minimum atomic E-state index is -0.422. The van der Waals surface area contributed by atoms with E-state index in [1.807, 2.05) is 54.6 Å². The summed E-state index contributed by atoms with van der Waals surface area (Å²) in [6, 6.07) is 23.8. The molecule has 7 nitrogen and oxygen atoms in total. The molecule has 146 valence electrons. The van der Waals surface area contributed by atoms with E-state index in [2.05, 4.69) is 33.0 Å². The molecule has 30 heavy (non-hydrogen) atoms. The molecule has 0 aliphatic rings. The molecule has 2 amide bonds. The lowest BCUT2D eigenvalue weighted by Gasteiger charge is -2.07. The van der Waals surface area contributed by atoms with Crippen molar-refractivity contribution in [3.63, 3.8) is 0 Å². The topological polar surface area (TPSA) is 88.9 Å². The maximum absolute atomic E-state index is 12.3. The number of nitrogens with zero attached hydrogens (tertiary/aromatic N) is 3. The number of hydrogen-bond acceptors (Lipinski definition) is 4. The number of hydrogen-bond donors (Lipinski definition) is 2. The number of carbonyl (C=O) groups excluding carboxylic acids is 2. The predicted molar refractivity (Wildman–Crippen MR) is 112 cm³/mol. The van der Waals surface area contributed by atoms with Gasteiger partial charge in [-0.25, -0.2) is 4.68 Å². The van der Waals surface area contributed by atoms with Crippen molar-refractivity contribution in [1.82, 2.24) is 25.8 Å². The highest BCUT2D eigenvalue weighted by Crippen LogP contribution is 2.09. The number of para-hydroxylation sites is 1. The minimum Gasteiger partial charge on any atom is -0.271 e. The van der Waals surface area contributed by atoms with Gasteiger partial charge in [-0.15, -0.1) is 5.10 Å². The van der Waals surface area contributed by atoms with Gasteiger partial charge in [-0.1, -0.05) is 47.4 Å². The number of fused-ring (bicyclic) bond motifs is 1. The standard InChI is InChI=1S/C23H17N5O2/c29-22(16-28-21-9-5-4-8-20(21)24-27-28)25-26-23(30)19-14-12-18(13-15-19)11-10-17-6-2-1-3-7-17/h1-9,12-15H,16H2,(H,25,29)(H,26,30). The molecule has 0 aliphatic heterocycles. The fraction of sp³-hybridized carbons (Fsp3) is 0.0435. The highest BCUT2D eigenvalue weighted by Gasteiger charge is 2.10. The molecule has 0 radical (unpaired) electrons. The minimum absolute atomic E-state index is 0.0607. The van der Waals surface area contributed by atoms with Crippen LogP contribution in [0.25, 0.3) is 11.0 Å². The molecule has 0 aliphatic carbocycles. The van der Waals surface area contributed by atoms with Crippen LogP contribution in [0.4, 0.5) is 0 Å². The van der Waals surface area contributed by atoms with Crippen molar-refractivity contribution < 1.29 is 9.59 Å². The van der Waals surface area contributed by atoms with Gasteiger partial charge in [-0.3, -0.25) is 20.4 Å². The highest BCUT2D eigenvalue weighted by molar-refractivity contribution is 5.95. The molecule has 3 aromatic carbocycles. The first-order valence-corrected chi connectivity index (χ1v) is 9.23. The van der Waals surface area contributed by atoms with E-state index in [0.717, 1.165) is 16.6 Å². The van der Waals surface area contributed by atoms with Gasteiger partial charge in [0.1, 0.15) is 12.1 Å². The van der Waals surface area contributed by atoms with E-state index in [-0.39, 0.29) is 6.54 Å². The van der Waals surface area contributed by atoms with Crippen molar-refractivity contribution in [2.75, 3.05) is 0 Å². The molecule has 1 aromatic heterocycles. The van der Waals surface area contributed by atoms with Crippen LogP contribution < -0.4 is 10.9 Å². The summed E-state index contributed by atoms with van der Waals surface area (Å²) in [5.41, 5.74) is 8.35. The van der Waals surface area contributed by atoms with Crippen molar-refractivity contribution >= 4 is 22.8 Å². The van der Waals surface area contributed by atoms with Crippen molar-refractivity contribution in [2.24, 2.45) is 0 Å². The van der Waals surface area contributed by atoms with Gasteiger partial charge in [0, 0.05) is 16.7 Å². The summed E-state index contributed by atoms with van der Waals surface area (Å²) in [5, 5.41) is 7.94. The Morgan fingerprint density at radius 3 is 2.23 bits per heavy atom. The zero-order valence-corrected chi connectivity index (χ0v) is 15.9. The first kappa shape index (κ1) is 18.9. The molecule has 0 fully saturated rings. The molecular formula is C23H17N5O2. The van der Waals surface area contributed by atoms with Gasteiger partial charge in [0.2, 0.25) is 0 Å². The van der Waals surface area contributed by atoms with E-state index in [0.29, 0.717) is 11.1 Å². The maximum atomic E-state index is 12.3. The van der Waals surface area contributed by atoms with Crippen molar-refractivity contribution in [3.05, 3.63) is 95.6 Å². The smallest absolute Gasteiger partial charge is 0.269 e. The number of rotatable bonds is 3. The Labute approximate surface area is 172 Å². The van der Waals surface area contributed by atoms with Crippen molar-refractivity contribution in [1.29, 1.82) is 0 Å². The second-order valence-corrected chi connectivity index (χ2v) is 6.43. The summed E-state index contributed by atoms with van der Waals surface area (Å²) >= 11 is 0. The Kier molecular flexibility index (Phi) is 5.49. The highest BCUT2D eigenvalue weighted by atomic mass is 16.2. The predicted octanol–water partition coefficient (Wildman–Crippen LogP) is 2.29. The normalized spacial score (nSPS) is 10.1. The number of aromatic nitrogens is 3. The summed E-state index contributed by atoms with van der Waals surface area (Å²) < 4.78 is 1.47. The molecule has 7 heteroatoms. The second kappa shape index (κ2) is 8.71. The van der Waals surface area contributed by atoms with Crippen LogP contribution in [0.3, 0.4) is 0 Å². The fourth-order valence-corrected chi connectivity index (χ4v) is 2.78. The SMILES string of the molecule is O=C(Cn1nnc2ccccc21)NNC(=O)c1ccc(C#Cc2ccccc2)cc1. The van der Waals surface area contributed by atoms with Gasteiger partial charge in [0.05, 0.1) is 5.52 Å². The average Bonchev–Trinajstić information content (AvgIpc) is 3.20. The lowest BCUT2D eigenvalue weighted by Crippen LogP contribution is -2.43. The first-order chi connectivity index (χ1) is 14.7. The molecule has 1 heterocycles. The molecule has 0 atom stereocenters. The summed E-state index contributed by atoms with van der Waals surface area (Å²) in [5.74, 6) is 5.28. The Bertz CT molecular complexity index is 1250. The maximum Gasteiger partial charge on any atom is 0.269 e. The van der Waals surface area contributed by atoms with Gasteiger partial charge in [-0.2, -0.15) is 0 Å². The Morgan fingerprint density at radius 2 is 1.47 bits per heavy atom. The number of benzene rings is 3. The van der Waals surface area contributed by atoms with E-state index >= 15 is 0 Å². The molecule has 0 unspecified atom stereocenters. The van der Waals surface area contributed by atoms with Gasteiger partial charge >= 0.3 is 0 Å². The molecule has 4 rings (SSSR count). The second-order valence-electron chi connectivity index (χ2n) is 6.43. The average molecular weight is 395 g/mol. The summed E-state index contributed by atoms with van der Waals surface area (Å²) in [6.45, 7) is -0.0607. The molecule has 4 aromatic rings. The van der Waals surface area contributed by atoms with Crippen molar-refractivity contribution in [3.8, 4) is 11.8 Å². The monoisotopic (exact) mass is 395 g/mol. The van der Waals surface area contributed by atoms with Crippen LogP contribution in [0.2, 0.25) is 0 Å².